The molecular formula is C24H20ClF3N8O2. The Morgan fingerprint density at radius 1 is 1.13 bits per heavy atom. The first-order valence-electron chi connectivity index (χ1n) is 11.6. The summed E-state index contributed by atoms with van der Waals surface area (Å²) in [6.07, 6.45) is -2.78. The summed E-state index contributed by atoms with van der Waals surface area (Å²) < 4.78 is 45.4. The molecule has 3 aromatic heterocycles. The van der Waals surface area contributed by atoms with Gasteiger partial charge in [0, 0.05) is 12.0 Å². The van der Waals surface area contributed by atoms with Crippen molar-refractivity contribution in [3.05, 3.63) is 70.5 Å². The lowest BCUT2D eigenvalue weighted by Gasteiger charge is -2.14. The van der Waals surface area contributed by atoms with Crippen molar-refractivity contribution in [2.24, 2.45) is 0 Å². The lowest BCUT2D eigenvalue weighted by molar-refractivity contribution is -0.145. The zero-order valence-electron chi connectivity index (χ0n) is 19.9. The van der Waals surface area contributed by atoms with Gasteiger partial charge in [-0.2, -0.15) is 18.4 Å². The van der Waals surface area contributed by atoms with Crippen LogP contribution in [0.2, 0.25) is 5.15 Å². The van der Waals surface area contributed by atoms with Crippen LogP contribution in [0.25, 0.3) is 28.1 Å². The van der Waals surface area contributed by atoms with Gasteiger partial charge >= 0.3 is 12.1 Å². The Kier molecular flexibility index (Phi) is 6.61. The maximum atomic E-state index is 14.3. The van der Waals surface area contributed by atoms with Crippen molar-refractivity contribution in [1.82, 2.24) is 39.7 Å². The van der Waals surface area contributed by atoms with Gasteiger partial charge in [0.15, 0.2) is 10.8 Å². The normalized spacial score (nSPS) is 11.9. The molecule has 196 valence electrons. The highest BCUT2D eigenvalue weighted by molar-refractivity contribution is 6.32. The molecule has 0 aliphatic heterocycles. The zero-order valence-corrected chi connectivity index (χ0v) is 20.6. The van der Waals surface area contributed by atoms with Crippen molar-refractivity contribution in [3.63, 3.8) is 0 Å². The summed E-state index contributed by atoms with van der Waals surface area (Å²) in [4.78, 5) is 20.2. The summed E-state index contributed by atoms with van der Waals surface area (Å²) in [7, 11) is 0. The van der Waals surface area contributed by atoms with E-state index >= 15 is 0 Å². The van der Waals surface area contributed by atoms with E-state index in [1.165, 1.54) is 16.7 Å². The lowest BCUT2D eigenvalue weighted by Crippen LogP contribution is -2.14. The summed E-state index contributed by atoms with van der Waals surface area (Å²) in [6.45, 7) is 1.89. The summed E-state index contributed by atoms with van der Waals surface area (Å²) >= 11 is 6.14. The first kappa shape index (κ1) is 25.4. The van der Waals surface area contributed by atoms with Crippen LogP contribution < -0.4 is 0 Å². The highest BCUT2D eigenvalue weighted by Gasteiger charge is 2.39. The van der Waals surface area contributed by atoms with Gasteiger partial charge < -0.3 is 9.67 Å². The standard InChI is InChI=1S/C24H20ClF3N8O2/c1-2-3-11-17-29-20(25)19(22(37)38)35(17)12-13-7-6-10-16-18(13)30-23(24(26,27)28)36(16)15-9-5-4-8-14(15)21-31-33-34-32-21/h4-10H,2-3,11-12H2,1H3,(H,37,38)(H,31,32,33,34). The van der Waals surface area contributed by atoms with Gasteiger partial charge in [-0.1, -0.05) is 49.2 Å². The molecule has 0 saturated carbocycles. The van der Waals surface area contributed by atoms with E-state index in [0.29, 0.717) is 23.4 Å². The number of hydrogen-bond donors (Lipinski definition) is 2. The van der Waals surface area contributed by atoms with Gasteiger partial charge in [-0.15, -0.1) is 10.2 Å². The SMILES string of the molecule is CCCCc1nc(Cl)c(C(=O)O)n1Cc1cccc2c1nc(C(F)(F)F)n2-c1ccccc1-c1nn[nH]n1. The molecule has 0 fully saturated rings. The number of unbranched alkanes of at least 4 members (excludes halogenated alkanes) is 1. The van der Waals surface area contributed by atoms with Crippen molar-refractivity contribution in [2.75, 3.05) is 0 Å². The molecule has 3 heterocycles. The number of aryl methyl sites for hydroxylation is 1. The molecule has 0 aliphatic carbocycles. The topological polar surface area (TPSA) is 127 Å². The molecule has 10 nitrogen and oxygen atoms in total. The fourth-order valence-electron chi connectivity index (χ4n) is 4.39. The molecule has 5 aromatic rings. The van der Waals surface area contributed by atoms with Crippen molar-refractivity contribution in [1.29, 1.82) is 0 Å². The molecule has 5 rings (SSSR count). The number of H-pyrrole nitrogens is 1. The molecule has 0 radical (unpaired) electrons. The van der Waals surface area contributed by atoms with Gasteiger partial charge in [0.25, 0.3) is 0 Å². The van der Waals surface area contributed by atoms with Crippen LogP contribution in [0.5, 0.6) is 0 Å². The molecule has 0 amide bonds. The summed E-state index contributed by atoms with van der Waals surface area (Å²) in [6, 6.07) is 11.1. The molecule has 38 heavy (non-hydrogen) atoms. The number of aromatic carboxylic acids is 1. The van der Waals surface area contributed by atoms with Gasteiger partial charge in [0.2, 0.25) is 11.6 Å². The molecule has 14 heteroatoms. The van der Waals surface area contributed by atoms with Crippen LogP contribution >= 0.6 is 11.6 Å². The monoisotopic (exact) mass is 544 g/mol. The number of nitrogens with one attached hydrogen (secondary N) is 1. The average Bonchev–Trinajstić information content (AvgIpc) is 3.60. The Hall–Kier alpha value is -4.26. The minimum Gasteiger partial charge on any atom is -0.476 e. The van der Waals surface area contributed by atoms with Crippen LogP contribution in [0.4, 0.5) is 13.2 Å². The van der Waals surface area contributed by atoms with Crippen LogP contribution in [-0.4, -0.2) is 50.8 Å². The maximum Gasteiger partial charge on any atom is 0.450 e. The number of aromatic nitrogens is 8. The Bertz CT molecular complexity index is 1630. The molecule has 0 bridgehead atoms. The van der Waals surface area contributed by atoms with Crippen molar-refractivity contribution < 1.29 is 23.1 Å². The van der Waals surface area contributed by atoms with Gasteiger partial charge in [-0.3, -0.25) is 4.57 Å². The number of halogens is 4. The van der Waals surface area contributed by atoms with E-state index < -0.39 is 18.0 Å². The van der Waals surface area contributed by atoms with E-state index in [1.807, 2.05) is 6.92 Å². The summed E-state index contributed by atoms with van der Waals surface area (Å²) in [5.41, 5.74) is 0.842. The molecular weight excluding hydrogens is 525 g/mol. The van der Waals surface area contributed by atoms with Gasteiger partial charge in [-0.05, 0) is 35.4 Å². The predicted octanol–water partition coefficient (Wildman–Crippen LogP) is 5.16. The van der Waals surface area contributed by atoms with Crippen LogP contribution in [0, 0.1) is 0 Å². The molecule has 0 atom stereocenters. The Labute approximate surface area is 218 Å². The second-order valence-corrected chi connectivity index (χ2v) is 8.83. The van der Waals surface area contributed by atoms with E-state index in [-0.39, 0.29) is 39.9 Å². The zero-order chi connectivity index (χ0) is 27.0. The molecule has 0 aliphatic rings. The fraction of sp³-hybridized carbons (Fsp3) is 0.250. The number of carboxylic acids is 1. The lowest BCUT2D eigenvalue weighted by atomic mass is 10.1. The second-order valence-electron chi connectivity index (χ2n) is 8.47. The molecule has 0 unspecified atom stereocenters. The Balaban J connectivity index is 1.73. The van der Waals surface area contributed by atoms with Crippen LogP contribution in [0.15, 0.2) is 42.5 Å². The molecule has 0 spiro atoms. The minimum absolute atomic E-state index is 0.0605. The third kappa shape index (κ3) is 4.49. The highest BCUT2D eigenvalue weighted by Crippen LogP contribution is 2.37. The number of nitrogens with zero attached hydrogens (tertiary/aromatic N) is 7. The number of tetrazole rings is 1. The van der Waals surface area contributed by atoms with Crippen molar-refractivity contribution in [3.8, 4) is 17.1 Å². The Morgan fingerprint density at radius 2 is 1.92 bits per heavy atom. The highest BCUT2D eigenvalue weighted by atomic mass is 35.5. The van der Waals surface area contributed by atoms with Gasteiger partial charge in [0.05, 0.1) is 23.3 Å². The molecule has 2 aromatic carbocycles. The molecule has 2 N–H and O–H groups in total. The summed E-state index contributed by atoms with van der Waals surface area (Å²) in [5, 5.41) is 23.3. The van der Waals surface area contributed by atoms with Gasteiger partial charge in [-0.25, -0.2) is 14.8 Å². The summed E-state index contributed by atoms with van der Waals surface area (Å²) in [5.74, 6) is -1.88. The first-order chi connectivity index (χ1) is 18.2. The quantitative estimate of drug-likeness (QED) is 0.276. The number of hydrogen-bond acceptors (Lipinski definition) is 6. The fourth-order valence-corrected chi connectivity index (χ4v) is 4.67. The third-order valence-electron chi connectivity index (χ3n) is 6.04. The van der Waals surface area contributed by atoms with E-state index in [2.05, 4.69) is 30.6 Å². The second kappa shape index (κ2) is 9.89. The maximum absolute atomic E-state index is 14.3. The number of carbonyl (C=O) groups is 1. The van der Waals surface area contributed by atoms with E-state index in [0.717, 1.165) is 17.4 Å². The van der Waals surface area contributed by atoms with Gasteiger partial charge in [0.1, 0.15) is 5.82 Å². The number of aromatic amines is 1. The number of fused-ring (bicyclic) bond motifs is 1. The minimum atomic E-state index is -4.81. The van der Waals surface area contributed by atoms with E-state index in [4.69, 9.17) is 11.6 Å². The van der Waals surface area contributed by atoms with Crippen LogP contribution in [0.3, 0.4) is 0 Å². The number of benzene rings is 2. The van der Waals surface area contributed by atoms with Crippen LogP contribution in [-0.2, 0) is 19.1 Å². The largest absolute Gasteiger partial charge is 0.476 e. The molecule has 0 saturated heterocycles. The number of alkyl halides is 3. The Morgan fingerprint density at radius 3 is 2.61 bits per heavy atom. The average molecular weight is 545 g/mol. The number of imidazole rings is 2. The first-order valence-corrected chi connectivity index (χ1v) is 12.0. The predicted molar refractivity (Wildman–Crippen MR) is 131 cm³/mol. The number of rotatable bonds is 8. The number of para-hydroxylation sites is 2. The third-order valence-corrected chi connectivity index (χ3v) is 6.31. The van der Waals surface area contributed by atoms with Crippen molar-refractivity contribution in [2.45, 2.75) is 38.9 Å². The number of carboxylic acid groups (broad SMARTS) is 1. The van der Waals surface area contributed by atoms with Crippen molar-refractivity contribution >= 4 is 28.6 Å². The smallest absolute Gasteiger partial charge is 0.450 e. The van der Waals surface area contributed by atoms with Crippen LogP contribution in [0.1, 0.15) is 47.5 Å². The van der Waals surface area contributed by atoms with E-state index in [9.17, 15) is 23.1 Å². The van der Waals surface area contributed by atoms with E-state index in [1.54, 1.807) is 30.3 Å².